The third-order valence-electron chi connectivity index (χ3n) is 4.94. The number of hydrogen-bond acceptors (Lipinski definition) is 6. The minimum atomic E-state index is -0.479. The quantitative estimate of drug-likeness (QED) is 0.281. The van der Waals surface area contributed by atoms with Gasteiger partial charge in [0.25, 0.3) is 11.2 Å². The van der Waals surface area contributed by atoms with Crippen LogP contribution in [0, 0.1) is 10.1 Å². The number of imidazole rings is 1. The highest BCUT2D eigenvalue weighted by Crippen LogP contribution is 2.26. The van der Waals surface area contributed by atoms with Crippen molar-refractivity contribution in [2.45, 2.75) is 6.61 Å². The topological polar surface area (TPSA) is 86.7 Å². The molecular weight excluding hydrogens is 450 g/mol. The number of para-hydroxylation sites is 2. The molecule has 0 unspecified atom stereocenters. The number of nitro groups is 1. The number of hydrogen-bond donors (Lipinski definition) is 0. The number of ether oxygens (including phenoxy) is 1. The number of benzene rings is 3. The molecule has 0 atom stereocenters. The Morgan fingerprint density at radius 3 is 2.69 bits per heavy atom. The van der Waals surface area contributed by atoms with Crippen molar-refractivity contribution in [3.05, 3.63) is 108 Å². The van der Waals surface area contributed by atoms with E-state index < -0.39 is 4.92 Å². The lowest BCUT2D eigenvalue weighted by Gasteiger charge is -2.09. The predicted octanol–water partition coefficient (Wildman–Crippen LogP) is 4.60. The Kier molecular flexibility index (Phi) is 5.08. The number of aromatic nitrogens is 2. The standard InChI is InChI=1S/C23H14ClN3O4S/c24-16-7-5-14(6-8-16)13-31-20-10-9-17(27(29)30)11-15(20)12-21-22(28)26-19-4-2-1-3-18(19)25-23(26)32-21/h1-12H,13H2. The molecule has 0 saturated heterocycles. The number of nitro benzene ring substituents is 1. The van der Waals surface area contributed by atoms with E-state index >= 15 is 0 Å². The molecule has 5 aromatic rings. The SMILES string of the molecule is O=c1c(=Cc2cc([N+](=O)[O-])ccc2OCc2ccc(Cl)cc2)sc2nc3ccccc3n12. The molecule has 0 amide bonds. The molecule has 9 heteroatoms. The maximum atomic E-state index is 13.1. The first kappa shape index (κ1) is 20.2. The van der Waals surface area contributed by atoms with Gasteiger partial charge in [0.2, 0.25) is 0 Å². The highest BCUT2D eigenvalue weighted by molar-refractivity contribution is 7.15. The number of non-ortho nitro benzene ring substituents is 1. The maximum absolute atomic E-state index is 13.1. The summed E-state index contributed by atoms with van der Waals surface area (Å²) >= 11 is 7.15. The van der Waals surface area contributed by atoms with E-state index in [-0.39, 0.29) is 17.9 Å². The second-order valence-corrected chi connectivity index (χ2v) is 8.47. The van der Waals surface area contributed by atoms with E-state index in [0.717, 1.165) is 16.6 Å². The number of rotatable bonds is 5. The third kappa shape index (κ3) is 3.70. The van der Waals surface area contributed by atoms with Crippen molar-refractivity contribution in [3.63, 3.8) is 0 Å². The van der Waals surface area contributed by atoms with Crippen LogP contribution < -0.4 is 14.8 Å². The zero-order chi connectivity index (χ0) is 22.2. The molecule has 32 heavy (non-hydrogen) atoms. The Labute approximate surface area is 189 Å². The highest BCUT2D eigenvalue weighted by Gasteiger charge is 2.14. The van der Waals surface area contributed by atoms with Gasteiger partial charge in [-0.2, -0.15) is 0 Å². The summed E-state index contributed by atoms with van der Waals surface area (Å²) < 4.78 is 7.88. The molecule has 0 spiro atoms. The van der Waals surface area contributed by atoms with Crippen molar-refractivity contribution in [1.29, 1.82) is 0 Å². The van der Waals surface area contributed by atoms with Crippen LogP contribution in [0.2, 0.25) is 5.02 Å². The first-order valence-corrected chi connectivity index (χ1v) is 10.8. The highest BCUT2D eigenvalue weighted by atomic mass is 35.5. The van der Waals surface area contributed by atoms with Crippen molar-refractivity contribution >= 4 is 50.7 Å². The summed E-state index contributed by atoms with van der Waals surface area (Å²) in [5.41, 5.74) is 2.48. The van der Waals surface area contributed by atoms with Gasteiger partial charge >= 0.3 is 0 Å². The molecule has 0 aliphatic carbocycles. The summed E-state index contributed by atoms with van der Waals surface area (Å²) in [5.74, 6) is 0.431. The van der Waals surface area contributed by atoms with Crippen LogP contribution in [0.3, 0.4) is 0 Å². The molecule has 3 aromatic carbocycles. The Hall–Kier alpha value is -3.75. The zero-order valence-corrected chi connectivity index (χ0v) is 18.0. The van der Waals surface area contributed by atoms with Crippen molar-refractivity contribution in [3.8, 4) is 5.75 Å². The lowest BCUT2D eigenvalue weighted by atomic mass is 10.1. The first-order valence-electron chi connectivity index (χ1n) is 9.57. The monoisotopic (exact) mass is 463 g/mol. The van der Waals surface area contributed by atoms with Gasteiger partial charge in [0.15, 0.2) is 4.96 Å². The lowest BCUT2D eigenvalue weighted by molar-refractivity contribution is -0.384. The number of halogens is 1. The first-order chi connectivity index (χ1) is 15.5. The average molecular weight is 464 g/mol. The smallest absolute Gasteiger partial charge is 0.274 e. The van der Waals surface area contributed by atoms with E-state index in [1.807, 2.05) is 36.4 Å². The fraction of sp³-hybridized carbons (Fsp3) is 0.0435. The minimum absolute atomic E-state index is 0.0886. The second-order valence-electron chi connectivity index (χ2n) is 7.03. The maximum Gasteiger partial charge on any atom is 0.274 e. The molecule has 158 valence electrons. The van der Waals surface area contributed by atoms with Crippen molar-refractivity contribution in [2.24, 2.45) is 0 Å². The molecule has 0 aliphatic heterocycles. The van der Waals surface area contributed by atoms with E-state index in [1.165, 1.54) is 23.5 Å². The van der Waals surface area contributed by atoms with E-state index in [4.69, 9.17) is 16.3 Å². The van der Waals surface area contributed by atoms with Crippen LogP contribution in [0.15, 0.2) is 71.5 Å². The van der Waals surface area contributed by atoms with Gasteiger partial charge in [-0.15, -0.1) is 0 Å². The van der Waals surface area contributed by atoms with Gasteiger partial charge in [0.05, 0.1) is 20.5 Å². The van der Waals surface area contributed by atoms with Crippen LogP contribution in [0.5, 0.6) is 5.75 Å². The molecular formula is C23H14ClN3O4S. The summed E-state index contributed by atoms with van der Waals surface area (Å²) in [7, 11) is 0. The number of fused-ring (bicyclic) bond motifs is 3. The van der Waals surface area contributed by atoms with Crippen molar-refractivity contribution < 1.29 is 9.66 Å². The Bertz CT molecular complexity index is 1590. The summed E-state index contributed by atoms with van der Waals surface area (Å²) in [6.07, 6.45) is 1.61. The van der Waals surface area contributed by atoms with Crippen LogP contribution in [0.1, 0.15) is 11.1 Å². The van der Waals surface area contributed by atoms with Crippen LogP contribution in [-0.4, -0.2) is 14.3 Å². The number of nitrogens with zero attached hydrogens (tertiary/aromatic N) is 3. The largest absolute Gasteiger partial charge is 0.488 e. The Morgan fingerprint density at radius 1 is 1.12 bits per heavy atom. The second kappa shape index (κ2) is 8.07. The fourth-order valence-electron chi connectivity index (χ4n) is 3.39. The fourth-order valence-corrected chi connectivity index (χ4v) is 4.49. The predicted molar refractivity (Wildman–Crippen MR) is 125 cm³/mol. The van der Waals surface area contributed by atoms with Gasteiger partial charge in [-0.25, -0.2) is 9.38 Å². The molecule has 7 nitrogen and oxygen atoms in total. The van der Waals surface area contributed by atoms with E-state index in [9.17, 15) is 14.9 Å². The van der Waals surface area contributed by atoms with Gasteiger partial charge in [0.1, 0.15) is 12.4 Å². The van der Waals surface area contributed by atoms with Crippen LogP contribution in [0.25, 0.3) is 22.1 Å². The third-order valence-corrected chi connectivity index (χ3v) is 6.16. The molecule has 5 rings (SSSR count). The van der Waals surface area contributed by atoms with Gasteiger partial charge in [-0.3, -0.25) is 14.9 Å². The summed E-state index contributed by atoms with van der Waals surface area (Å²) in [5, 5.41) is 11.9. The summed E-state index contributed by atoms with van der Waals surface area (Å²) in [6, 6.07) is 18.9. The molecule has 0 N–H and O–H groups in total. The van der Waals surface area contributed by atoms with Crippen molar-refractivity contribution in [1.82, 2.24) is 9.38 Å². The molecule has 0 fully saturated rings. The van der Waals surface area contributed by atoms with Crippen LogP contribution in [-0.2, 0) is 6.61 Å². The van der Waals surface area contributed by atoms with Gasteiger partial charge < -0.3 is 4.74 Å². The Morgan fingerprint density at radius 2 is 1.91 bits per heavy atom. The molecule has 0 saturated carbocycles. The van der Waals surface area contributed by atoms with Crippen molar-refractivity contribution in [2.75, 3.05) is 0 Å². The van der Waals surface area contributed by atoms with Gasteiger partial charge in [0, 0.05) is 22.7 Å². The van der Waals surface area contributed by atoms with E-state index in [1.54, 1.807) is 28.7 Å². The molecule has 0 radical (unpaired) electrons. The zero-order valence-electron chi connectivity index (χ0n) is 16.4. The van der Waals surface area contributed by atoms with Gasteiger partial charge in [-0.05, 0) is 42.0 Å². The minimum Gasteiger partial charge on any atom is -0.488 e. The lowest BCUT2D eigenvalue weighted by Crippen LogP contribution is -2.22. The van der Waals surface area contributed by atoms with Gasteiger partial charge in [-0.1, -0.05) is 47.2 Å². The average Bonchev–Trinajstić information content (AvgIpc) is 3.30. The number of thiazole rings is 1. The summed E-state index contributed by atoms with van der Waals surface area (Å²) in [4.78, 5) is 29.0. The van der Waals surface area contributed by atoms with E-state index in [0.29, 0.717) is 25.8 Å². The van der Waals surface area contributed by atoms with Crippen LogP contribution >= 0.6 is 22.9 Å². The van der Waals surface area contributed by atoms with E-state index in [2.05, 4.69) is 4.98 Å². The molecule has 0 bridgehead atoms. The normalized spacial score (nSPS) is 12.0. The summed E-state index contributed by atoms with van der Waals surface area (Å²) in [6.45, 7) is 0.248. The molecule has 2 aromatic heterocycles. The molecule has 0 aliphatic rings. The Balaban J connectivity index is 1.59. The molecule has 2 heterocycles. The van der Waals surface area contributed by atoms with Crippen LogP contribution in [0.4, 0.5) is 5.69 Å².